The van der Waals surface area contributed by atoms with E-state index < -0.39 is 0 Å². The molecule has 7 heteroatoms. The summed E-state index contributed by atoms with van der Waals surface area (Å²) in [6.45, 7) is 1.99. The number of imidazole rings is 2. The molecule has 3 heterocycles. The predicted molar refractivity (Wildman–Crippen MR) is 72.2 cm³/mol. The molecular formula is C12H13N5OS. The van der Waals surface area contributed by atoms with Crippen molar-refractivity contribution in [1.29, 1.82) is 0 Å². The van der Waals surface area contributed by atoms with Crippen LogP contribution in [0.15, 0.2) is 29.8 Å². The third-order valence-electron chi connectivity index (χ3n) is 2.69. The quantitative estimate of drug-likeness (QED) is 0.562. The highest BCUT2D eigenvalue weighted by Gasteiger charge is 2.07. The lowest BCUT2D eigenvalue weighted by Crippen LogP contribution is -1.93. The Kier molecular flexibility index (Phi) is 3.12. The van der Waals surface area contributed by atoms with Gasteiger partial charge in [0.25, 0.3) is 0 Å². The van der Waals surface area contributed by atoms with Crippen LogP contribution in [0.2, 0.25) is 0 Å². The third kappa shape index (κ3) is 2.55. The smallest absolute Gasteiger partial charge is 0.215 e. The van der Waals surface area contributed by atoms with Crippen molar-refractivity contribution >= 4 is 17.5 Å². The van der Waals surface area contributed by atoms with E-state index in [4.69, 9.17) is 0 Å². The summed E-state index contributed by atoms with van der Waals surface area (Å²) >= 11 is 1.46. The first-order valence-electron chi connectivity index (χ1n) is 5.95. The van der Waals surface area contributed by atoms with E-state index in [0.29, 0.717) is 10.9 Å². The molecule has 0 radical (unpaired) electrons. The van der Waals surface area contributed by atoms with Crippen molar-refractivity contribution in [2.75, 3.05) is 0 Å². The van der Waals surface area contributed by atoms with Crippen molar-refractivity contribution in [2.24, 2.45) is 0 Å². The zero-order valence-corrected chi connectivity index (χ0v) is 11.2. The number of aromatic nitrogens is 5. The van der Waals surface area contributed by atoms with Crippen LogP contribution < -0.4 is 0 Å². The Morgan fingerprint density at radius 3 is 3.00 bits per heavy atom. The molecule has 3 aromatic heterocycles. The molecule has 0 saturated heterocycles. The van der Waals surface area contributed by atoms with Gasteiger partial charge in [-0.15, -0.1) is 0 Å². The molecule has 98 valence electrons. The second-order valence-electron chi connectivity index (χ2n) is 4.07. The minimum atomic E-state index is 0.0197. The Balaban J connectivity index is 1.75. The molecule has 0 fully saturated rings. The molecule has 0 unspecified atom stereocenters. The maximum absolute atomic E-state index is 9.51. The maximum Gasteiger partial charge on any atom is 0.215 e. The van der Waals surface area contributed by atoms with E-state index in [1.165, 1.54) is 11.8 Å². The minimum Gasteiger partial charge on any atom is -0.493 e. The molecule has 0 bridgehead atoms. The van der Waals surface area contributed by atoms with Crippen molar-refractivity contribution in [3.05, 3.63) is 36.0 Å². The second kappa shape index (κ2) is 4.93. The van der Waals surface area contributed by atoms with Crippen molar-refractivity contribution in [3.63, 3.8) is 0 Å². The van der Waals surface area contributed by atoms with Crippen LogP contribution in [0.25, 0.3) is 5.78 Å². The number of nitrogens with zero attached hydrogens (tertiary/aromatic N) is 4. The van der Waals surface area contributed by atoms with E-state index in [-0.39, 0.29) is 5.88 Å². The molecule has 2 N–H and O–H groups in total. The Labute approximate surface area is 113 Å². The topological polar surface area (TPSA) is 79.1 Å². The molecule has 6 nitrogen and oxygen atoms in total. The van der Waals surface area contributed by atoms with Gasteiger partial charge in [0, 0.05) is 36.1 Å². The highest BCUT2D eigenvalue weighted by Crippen LogP contribution is 2.21. The van der Waals surface area contributed by atoms with Crippen LogP contribution in [0, 0.1) is 0 Å². The summed E-state index contributed by atoms with van der Waals surface area (Å²) in [5.74, 6) is 1.51. The van der Waals surface area contributed by atoms with Gasteiger partial charge in [-0.2, -0.15) is 4.98 Å². The standard InChI is InChI=1S/C12H13N5OS/c1-2-8-5-10(18)16-12(15-8)19-7-9-6-17-4-3-13-11(17)14-9/h3-6H,2,7H2,1H3,(H,13,14)(H,15,16,18). The number of H-pyrrole nitrogens is 1. The molecule has 0 atom stereocenters. The maximum atomic E-state index is 9.51. The van der Waals surface area contributed by atoms with E-state index in [2.05, 4.69) is 19.9 Å². The number of aromatic hydroxyl groups is 1. The first-order valence-corrected chi connectivity index (χ1v) is 6.94. The van der Waals surface area contributed by atoms with Crippen LogP contribution in [-0.2, 0) is 12.2 Å². The van der Waals surface area contributed by atoms with Crippen molar-refractivity contribution in [1.82, 2.24) is 24.3 Å². The Hall–Kier alpha value is -2.02. The lowest BCUT2D eigenvalue weighted by molar-refractivity contribution is 0.444. The molecule has 0 spiro atoms. The van der Waals surface area contributed by atoms with Crippen LogP contribution >= 0.6 is 11.8 Å². The fraction of sp³-hybridized carbons (Fsp3) is 0.250. The molecule has 3 aromatic rings. The minimum absolute atomic E-state index is 0.0197. The molecule has 19 heavy (non-hydrogen) atoms. The van der Waals surface area contributed by atoms with Crippen molar-refractivity contribution in [3.8, 4) is 5.88 Å². The number of rotatable bonds is 4. The van der Waals surface area contributed by atoms with Crippen LogP contribution in [0.5, 0.6) is 5.88 Å². The molecule has 0 saturated carbocycles. The largest absolute Gasteiger partial charge is 0.493 e. The Morgan fingerprint density at radius 1 is 1.32 bits per heavy atom. The van der Waals surface area contributed by atoms with Gasteiger partial charge in [0.15, 0.2) is 5.16 Å². The average molecular weight is 275 g/mol. The van der Waals surface area contributed by atoms with Gasteiger partial charge < -0.3 is 10.1 Å². The van der Waals surface area contributed by atoms with E-state index >= 15 is 0 Å². The molecule has 0 aliphatic carbocycles. The second-order valence-corrected chi connectivity index (χ2v) is 5.01. The van der Waals surface area contributed by atoms with E-state index in [1.807, 2.05) is 29.9 Å². The summed E-state index contributed by atoms with van der Waals surface area (Å²) < 4.78 is 1.93. The van der Waals surface area contributed by atoms with Gasteiger partial charge in [-0.25, -0.2) is 9.97 Å². The van der Waals surface area contributed by atoms with E-state index in [0.717, 1.165) is 23.6 Å². The fourth-order valence-electron chi connectivity index (χ4n) is 1.77. The zero-order valence-electron chi connectivity index (χ0n) is 10.4. The number of hydrogen-bond acceptors (Lipinski definition) is 5. The summed E-state index contributed by atoms with van der Waals surface area (Å²) in [5, 5.41) is 10.1. The van der Waals surface area contributed by atoms with Crippen LogP contribution in [-0.4, -0.2) is 29.4 Å². The Bertz CT molecular complexity index is 677. The highest BCUT2D eigenvalue weighted by atomic mass is 32.2. The number of fused-ring (bicyclic) bond motifs is 1. The summed E-state index contributed by atoms with van der Waals surface area (Å²) in [4.78, 5) is 15.8. The monoisotopic (exact) mass is 275 g/mol. The van der Waals surface area contributed by atoms with E-state index in [1.54, 1.807) is 6.07 Å². The van der Waals surface area contributed by atoms with E-state index in [9.17, 15) is 5.11 Å². The van der Waals surface area contributed by atoms with Gasteiger partial charge in [0.05, 0.1) is 5.69 Å². The molecular weight excluding hydrogens is 262 g/mol. The normalized spacial score (nSPS) is 11.2. The number of hydrogen-bond donors (Lipinski definition) is 2. The van der Waals surface area contributed by atoms with Crippen molar-refractivity contribution < 1.29 is 5.11 Å². The number of thioether (sulfide) groups is 1. The zero-order chi connectivity index (χ0) is 13.2. The summed E-state index contributed by atoms with van der Waals surface area (Å²) in [7, 11) is 0. The number of nitrogens with one attached hydrogen (secondary N) is 1. The molecule has 0 aromatic carbocycles. The van der Waals surface area contributed by atoms with Gasteiger partial charge >= 0.3 is 0 Å². The molecule has 0 amide bonds. The molecule has 0 aliphatic heterocycles. The lowest BCUT2D eigenvalue weighted by Gasteiger charge is -2.01. The van der Waals surface area contributed by atoms with Crippen LogP contribution in [0.3, 0.4) is 0 Å². The summed E-state index contributed by atoms with van der Waals surface area (Å²) in [6.07, 6.45) is 6.49. The van der Waals surface area contributed by atoms with Gasteiger partial charge in [-0.3, -0.25) is 4.40 Å². The van der Waals surface area contributed by atoms with Crippen LogP contribution in [0.4, 0.5) is 0 Å². The highest BCUT2D eigenvalue weighted by molar-refractivity contribution is 7.98. The third-order valence-corrected chi connectivity index (χ3v) is 3.57. The van der Waals surface area contributed by atoms with Crippen molar-refractivity contribution in [2.45, 2.75) is 24.3 Å². The fourth-order valence-corrected chi connectivity index (χ4v) is 2.53. The first-order chi connectivity index (χ1) is 9.24. The van der Waals surface area contributed by atoms with Gasteiger partial charge in [0.2, 0.25) is 11.7 Å². The van der Waals surface area contributed by atoms with Gasteiger partial charge in [0.1, 0.15) is 0 Å². The molecule has 0 aliphatic rings. The summed E-state index contributed by atoms with van der Waals surface area (Å²) in [5.41, 5.74) is 1.79. The number of aryl methyl sites for hydroxylation is 1. The average Bonchev–Trinajstić information content (AvgIpc) is 2.96. The SMILES string of the molecule is CCc1cc(O)nc(SCc2cn3cc[nH]c3n2)n1. The molecule has 3 rings (SSSR count). The first kappa shape index (κ1) is 12.0. The van der Waals surface area contributed by atoms with Gasteiger partial charge in [-0.05, 0) is 6.42 Å². The number of aromatic amines is 1. The van der Waals surface area contributed by atoms with Crippen LogP contribution in [0.1, 0.15) is 18.3 Å². The predicted octanol–water partition coefficient (Wildman–Crippen LogP) is 2.01. The lowest BCUT2D eigenvalue weighted by atomic mass is 10.3. The van der Waals surface area contributed by atoms with Gasteiger partial charge in [-0.1, -0.05) is 18.7 Å². The summed E-state index contributed by atoms with van der Waals surface area (Å²) in [6, 6.07) is 1.59. The Morgan fingerprint density at radius 2 is 2.21 bits per heavy atom.